The van der Waals surface area contributed by atoms with Crippen molar-refractivity contribution in [1.82, 2.24) is 14.9 Å². The second-order valence-corrected chi connectivity index (χ2v) is 7.63. The highest BCUT2D eigenvalue weighted by Crippen LogP contribution is 2.22. The van der Waals surface area contributed by atoms with Crippen LogP contribution in [0.1, 0.15) is 28.4 Å². The van der Waals surface area contributed by atoms with Crippen LogP contribution in [-0.2, 0) is 4.74 Å². The monoisotopic (exact) mass is 431 g/mol. The van der Waals surface area contributed by atoms with Gasteiger partial charge in [0.05, 0.1) is 11.6 Å². The number of amides is 2. The van der Waals surface area contributed by atoms with Gasteiger partial charge in [0.15, 0.2) is 0 Å². The van der Waals surface area contributed by atoms with Gasteiger partial charge in [0.25, 0.3) is 5.91 Å². The number of hydrogen-bond acceptors (Lipinski definition) is 6. The van der Waals surface area contributed by atoms with Crippen molar-refractivity contribution in [3.63, 3.8) is 0 Å². The molecule has 2 fully saturated rings. The number of carbonyl (C=O) groups excluding carboxylic acids is 2. The molecule has 0 spiro atoms. The maximum Gasteiger partial charge on any atom is 0.415 e. The van der Waals surface area contributed by atoms with Crippen molar-refractivity contribution in [3.8, 4) is 0 Å². The number of aryl methyl sites for hydroxylation is 2. The van der Waals surface area contributed by atoms with Gasteiger partial charge in [-0.1, -0.05) is 6.07 Å². The first-order valence-electron chi connectivity index (χ1n) is 9.83. The molecule has 9 heteroatoms. The van der Waals surface area contributed by atoms with Gasteiger partial charge in [-0.3, -0.25) is 9.69 Å². The van der Waals surface area contributed by atoms with E-state index in [1.54, 1.807) is 12.1 Å². The van der Waals surface area contributed by atoms with Gasteiger partial charge in [0.2, 0.25) is 0 Å². The molecule has 0 aromatic carbocycles. The fraction of sp³-hybridized carbons (Fsp3) is 0.429. The van der Waals surface area contributed by atoms with Crippen LogP contribution in [0.3, 0.4) is 0 Å². The molecule has 2 aromatic rings. The lowest BCUT2D eigenvalue weighted by Gasteiger charge is -2.36. The predicted molar refractivity (Wildman–Crippen MR) is 117 cm³/mol. The number of rotatable bonds is 3. The van der Waals surface area contributed by atoms with Crippen LogP contribution < -0.4 is 9.80 Å². The molecular formula is C21H26ClN5O3. The van der Waals surface area contributed by atoms with Crippen LogP contribution in [0.4, 0.5) is 16.4 Å². The number of halogens is 1. The minimum Gasteiger partial charge on any atom is -0.447 e. The molecule has 0 N–H and O–H groups in total. The molecule has 2 aromatic heterocycles. The average Bonchev–Trinajstić information content (AvgIpc) is 3.06. The molecule has 160 valence electrons. The van der Waals surface area contributed by atoms with E-state index >= 15 is 0 Å². The van der Waals surface area contributed by atoms with Crippen molar-refractivity contribution in [2.45, 2.75) is 26.8 Å². The maximum atomic E-state index is 12.9. The molecule has 4 rings (SSSR count). The van der Waals surface area contributed by atoms with E-state index < -0.39 is 6.09 Å². The van der Waals surface area contributed by atoms with Crippen LogP contribution in [0.25, 0.3) is 0 Å². The molecule has 1 atom stereocenters. The van der Waals surface area contributed by atoms with Crippen molar-refractivity contribution in [1.29, 1.82) is 0 Å². The summed E-state index contributed by atoms with van der Waals surface area (Å²) in [5.74, 6) is 1.44. The van der Waals surface area contributed by atoms with Crippen LogP contribution in [0, 0.1) is 13.8 Å². The molecule has 8 nitrogen and oxygen atoms in total. The van der Waals surface area contributed by atoms with E-state index in [1.807, 2.05) is 24.9 Å². The van der Waals surface area contributed by atoms with Crippen LogP contribution >= 0.6 is 12.4 Å². The Bertz CT molecular complexity index is 929. The molecule has 2 aliphatic heterocycles. The van der Waals surface area contributed by atoms with E-state index in [0.717, 1.165) is 30.0 Å². The number of carbonyl (C=O) groups is 2. The molecule has 0 saturated carbocycles. The third-order valence-corrected chi connectivity index (χ3v) is 5.38. The third-order valence-electron chi connectivity index (χ3n) is 5.38. The molecule has 30 heavy (non-hydrogen) atoms. The summed E-state index contributed by atoms with van der Waals surface area (Å²) in [6, 6.07) is 5.49. The fourth-order valence-electron chi connectivity index (χ4n) is 3.83. The maximum absolute atomic E-state index is 12.9. The van der Waals surface area contributed by atoms with E-state index in [4.69, 9.17) is 4.74 Å². The number of hydrogen-bond donors (Lipinski definition) is 0. The van der Waals surface area contributed by atoms with Crippen molar-refractivity contribution < 1.29 is 14.3 Å². The van der Waals surface area contributed by atoms with E-state index in [-0.39, 0.29) is 24.4 Å². The molecule has 4 heterocycles. The lowest BCUT2D eigenvalue weighted by atomic mass is 10.2. The van der Waals surface area contributed by atoms with Gasteiger partial charge in [-0.15, -0.1) is 12.4 Å². The number of pyridine rings is 2. The van der Waals surface area contributed by atoms with Crippen molar-refractivity contribution in [2.75, 3.05) is 42.6 Å². The highest BCUT2D eigenvalue weighted by atomic mass is 35.5. The first-order chi connectivity index (χ1) is 13.9. The molecule has 2 amide bonds. The fourth-order valence-corrected chi connectivity index (χ4v) is 3.83. The lowest BCUT2D eigenvalue weighted by molar-refractivity contribution is 0.0746. The summed E-state index contributed by atoms with van der Waals surface area (Å²) < 4.78 is 5.03. The molecule has 1 unspecified atom stereocenters. The third kappa shape index (κ3) is 4.18. The Kier molecular flexibility index (Phi) is 6.45. The first-order valence-corrected chi connectivity index (χ1v) is 9.83. The van der Waals surface area contributed by atoms with Crippen LogP contribution in [0.15, 0.2) is 30.6 Å². The van der Waals surface area contributed by atoms with Crippen molar-refractivity contribution in [3.05, 3.63) is 47.3 Å². The normalized spacial score (nSPS) is 18.8. The molecule has 0 bridgehead atoms. The average molecular weight is 432 g/mol. The summed E-state index contributed by atoms with van der Waals surface area (Å²) in [5, 5.41) is 0. The number of aromatic nitrogens is 2. The summed E-state index contributed by atoms with van der Waals surface area (Å²) in [4.78, 5) is 39.1. The number of ether oxygens (including phenoxy) is 1. The zero-order valence-electron chi connectivity index (χ0n) is 17.4. The van der Waals surface area contributed by atoms with E-state index in [0.29, 0.717) is 31.1 Å². The second kappa shape index (κ2) is 8.87. The quantitative estimate of drug-likeness (QED) is 0.743. The Morgan fingerprint density at radius 1 is 1.10 bits per heavy atom. The SMILES string of the molecule is Cc1cnc(N2CCN(C(=O)c3ccc(N4C(=O)OCC4C)nc3)CC2)c(C)c1.Cl. The summed E-state index contributed by atoms with van der Waals surface area (Å²) >= 11 is 0. The molecule has 2 aliphatic rings. The Labute approximate surface area is 182 Å². The van der Waals surface area contributed by atoms with Gasteiger partial charge in [0, 0.05) is 38.6 Å². The minimum atomic E-state index is -0.403. The standard InChI is InChI=1S/C21H25N5O3.ClH/c1-14-10-15(2)19(23-11-14)24-6-8-25(9-7-24)20(27)17-4-5-18(22-12-17)26-16(3)13-29-21(26)28;/h4-5,10-12,16H,6-9,13H2,1-3H3;1H. The van der Waals surface area contributed by atoms with Crippen LogP contribution in [0.5, 0.6) is 0 Å². The van der Waals surface area contributed by atoms with Crippen molar-refractivity contribution >= 4 is 36.0 Å². The molecule has 2 saturated heterocycles. The topological polar surface area (TPSA) is 78.9 Å². The minimum absolute atomic E-state index is 0. The zero-order chi connectivity index (χ0) is 20.5. The number of piperazine rings is 1. The summed E-state index contributed by atoms with van der Waals surface area (Å²) in [6.07, 6.45) is 3.01. The van der Waals surface area contributed by atoms with Gasteiger partial charge in [-0.25, -0.2) is 14.8 Å². The van der Waals surface area contributed by atoms with Gasteiger partial charge < -0.3 is 14.5 Å². The number of nitrogens with zero attached hydrogens (tertiary/aromatic N) is 5. The Hall–Kier alpha value is -2.87. The molecule has 0 aliphatic carbocycles. The van der Waals surface area contributed by atoms with Gasteiger partial charge in [0.1, 0.15) is 18.2 Å². The van der Waals surface area contributed by atoms with Crippen LogP contribution in [-0.4, -0.2) is 65.7 Å². The summed E-state index contributed by atoms with van der Waals surface area (Å²) in [6.45, 7) is 9.09. The molecule has 0 radical (unpaired) electrons. The van der Waals surface area contributed by atoms with E-state index in [1.165, 1.54) is 11.1 Å². The Balaban J connectivity index is 0.00000256. The van der Waals surface area contributed by atoms with Gasteiger partial charge >= 0.3 is 6.09 Å². The summed E-state index contributed by atoms with van der Waals surface area (Å²) in [5.41, 5.74) is 2.82. The first kappa shape index (κ1) is 21.8. The van der Waals surface area contributed by atoms with Gasteiger partial charge in [-0.2, -0.15) is 0 Å². The summed E-state index contributed by atoms with van der Waals surface area (Å²) in [7, 11) is 0. The smallest absolute Gasteiger partial charge is 0.415 e. The largest absolute Gasteiger partial charge is 0.447 e. The van der Waals surface area contributed by atoms with E-state index in [9.17, 15) is 9.59 Å². The Morgan fingerprint density at radius 2 is 1.83 bits per heavy atom. The molecular weight excluding hydrogens is 406 g/mol. The second-order valence-electron chi connectivity index (χ2n) is 7.63. The van der Waals surface area contributed by atoms with Crippen LogP contribution in [0.2, 0.25) is 0 Å². The highest BCUT2D eigenvalue weighted by Gasteiger charge is 2.32. The Morgan fingerprint density at radius 3 is 2.40 bits per heavy atom. The zero-order valence-corrected chi connectivity index (χ0v) is 18.2. The number of cyclic esters (lactones) is 1. The van der Waals surface area contributed by atoms with Crippen molar-refractivity contribution in [2.24, 2.45) is 0 Å². The number of anilines is 2. The lowest BCUT2D eigenvalue weighted by Crippen LogP contribution is -2.49. The highest BCUT2D eigenvalue weighted by molar-refractivity contribution is 5.95. The van der Waals surface area contributed by atoms with Gasteiger partial charge in [-0.05, 0) is 44.0 Å². The van der Waals surface area contributed by atoms with E-state index in [2.05, 4.69) is 27.9 Å². The predicted octanol–water partition coefficient (Wildman–Crippen LogP) is 2.82.